The zero-order chi connectivity index (χ0) is 13.0. The van der Waals surface area contributed by atoms with E-state index in [9.17, 15) is 4.79 Å². The van der Waals surface area contributed by atoms with Gasteiger partial charge in [-0.2, -0.15) is 0 Å². The van der Waals surface area contributed by atoms with Crippen LogP contribution < -0.4 is 0 Å². The van der Waals surface area contributed by atoms with E-state index < -0.39 is 0 Å². The van der Waals surface area contributed by atoms with E-state index in [1.807, 2.05) is 7.05 Å². The van der Waals surface area contributed by atoms with Crippen LogP contribution in [0.5, 0.6) is 0 Å². The fraction of sp³-hybridized carbons (Fsp3) is 0.462. The number of amides is 1. The highest BCUT2D eigenvalue weighted by Gasteiger charge is 2.18. The van der Waals surface area contributed by atoms with E-state index in [2.05, 4.69) is 29.8 Å². The quantitative estimate of drug-likeness (QED) is 0.807. The summed E-state index contributed by atoms with van der Waals surface area (Å²) in [6.45, 7) is 4.18. The molecule has 0 spiro atoms. The lowest BCUT2D eigenvalue weighted by Crippen LogP contribution is -2.35. The molecule has 0 fully saturated rings. The Kier molecular flexibility index (Phi) is 5.47. The molecular formula is C13H17BrClNO. The van der Waals surface area contributed by atoms with Crippen LogP contribution in [0.3, 0.4) is 0 Å². The second-order valence-electron chi connectivity index (χ2n) is 4.18. The zero-order valence-electron chi connectivity index (χ0n) is 10.3. The van der Waals surface area contributed by atoms with Crippen LogP contribution in [-0.4, -0.2) is 23.9 Å². The number of benzene rings is 1. The molecule has 0 saturated carbocycles. The molecule has 2 nitrogen and oxygen atoms in total. The lowest BCUT2D eigenvalue weighted by atomic mass is 10.1. The highest BCUT2D eigenvalue weighted by Crippen LogP contribution is 2.23. The number of nitrogens with zero attached hydrogens (tertiary/aromatic N) is 1. The molecule has 1 rings (SSSR count). The molecule has 1 amide bonds. The first kappa shape index (κ1) is 14.5. The second kappa shape index (κ2) is 6.41. The second-order valence-corrected chi connectivity index (χ2v) is 5.47. The van der Waals surface area contributed by atoms with Gasteiger partial charge in [-0.25, -0.2) is 0 Å². The maximum Gasteiger partial charge on any atom is 0.254 e. The van der Waals surface area contributed by atoms with Crippen LogP contribution in [0.4, 0.5) is 0 Å². The molecule has 1 aromatic carbocycles. The molecule has 0 bridgehead atoms. The molecule has 0 heterocycles. The molecule has 4 heteroatoms. The highest BCUT2D eigenvalue weighted by molar-refractivity contribution is 9.10. The Morgan fingerprint density at radius 1 is 1.53 bits per heavy atom. The highest BCUT2D eigenvalue weighted by atomic mass is 79.9. The van der Waals surface area contributed by atoms with E-state index in [1.54, 1.807) is 23.1 Å². The van der Waals surface area contributed by atoms with Gasteiger partial charge in [0.1, 0.15) is 0 Å². The van der Waals surface area contributed by atoms with Crippen molar-refractivity contribution in [2.45, 2.75) is 32.7 Å². The Labute approximate surface area is 116 Å². The third-order valence-corrected chi connectivity index (χ3v) is 3.74. The number of carbonyl (C=O) groups excluding carboxylic acids is 1. The molecular weight excluding hydrogens is 302 g/mol. The van der Waals surface area contributed by atoms with Crippen LogP contribution in [0.15, 0.2) is 22.7 Å². The van der Waals surface area contributed by atoms with Crippen molar-refractivity contribution in [3.63, 3.8) is 0 Å². The SMILES string of the molecule is CCCC(C)N(C)C(=O)c1ccc(Cl)cc1Br. The van der Waals surface area contributed by atoms with Gasteiger partial charge in [0.25, 0.3) is 5.91 Å². The van der Waals surface area contributed by atoms with E-state index in [1.165, 1.54) is 0 Å². The van der Waals surface area contributed by atoms with E-state index in [4.69, 9.17) is 11.6 Å². The first-order valence-corrected chi connectivity index (χ1v) is 6.86. The average molecular weight is 319 g/mol. The molecule has 1 unspecified atom stereocenters. The minimum Gasteiger partial charge on any atom is -0.339 e. The number of hydrogen-bond acceptors (Lipinski definition) is 1. The molecule has 0 aromatic heterocycles. The van der Waals surface area contributed by atoms with Crippen molar-refractivity contribution in [1.82, 2.24) is 4.90 Å². The van der Waals surface area contributed by atoms with Gasteiger partial charge in [-0.15, -0.1) is 0 Å². The smallest absolute Gasteiger partial charge is 0.254 e. The first-order chi connectivity index (χ1) is 7.97. The van der Waals surface area contributed by atoms with Crippen molar-refractivity contribution in [2.24, 2.45) is 0 Å². The predicted molar refractivity (Wildman–Crippen MR) is 75.6 cm³/mol. The predicted octanol–water partition coefficient (Wildman–Crippen LogP) is 4.36. The van der Waals surface area contributed by atoms with Gasteiger partial charge in [0.15, 0.2) is 0 Å². The lowest BCUT2D eigenvalue weighted by molar-refractivity contribution is 0.0736. The summed E-state index contributed by atoms with van der Waals surface area (Å²) in [6, 6.07) is 5.48. The van der Waals surface area contributed by atoms with E-state index >= 15 is 0 Å². The Balaban J connectivity index is 2.88. The molecule has 0 N–H and O–H groups in total. The van der Waals surface area contributed by atoms with Crippen LogP contribution in [0.2, 0.25) is 5.02 Å². The van der Waals surface area contributed by atoms with Crippen LogP contribution >= 0.6 is 27.5 Å². The van der Waals surface area contributed by atoms with Crippen molar-refractivity contribution >= 4 is 33.4 Å². The van der Waals surface area contributed by atoms with Gasteiger partial charge < -0.3 is 4.90 Å². The summed E-state index contributed by atoms with van der Waals surface area (Å²) in [5.74, 6) is 0.0227. The number of hydrogen-bond donors (Lipinski definition) is 0. The third-order valence-electron chi connectivity index (χ3n) is 2.85. The molecule has 0 aliphatic rings. The minimum absolute atomic E-state index is 0.0227. The Bertz CT molecular complexity index is 408. The van der Waals surface area contributed by atoms with Gasteiger partial charge in [0.05, 0.1) is 5.56 Å². The lowest BCUT2D eigenvalue weighted by Gasteiger charge is -2.25. The summed E-state index contributed by atoms with van der Waals surface area (Å²) < 4.78 is 0.741. The fourth-order valence-corrected chi connectivity index (χ4v) is 2.52. The maximum absolute atomic E-state index is 12.2. The normalized spacial score (nSPS) is 12.3. The van der Waals surface area contributed by atoms with E-state index in [0.717, 1.165) is 17.3 Å². The third kappa shape index (κ3) is 3.71. The van der Waals surface area contributed by atoms with Crippen molar-refractivity contribution < 1.29 is 4.79 Å². The first-order valence-electron chi connectivity index (χ1n) is 5.69. The Morgan fingerprint density at radius 3 is 2.71 bits per heavy atom. The minimum atomic E-state index is 0.0227. The largest absolute Gasteiger partial charge is 0.339 e. The summed E-state index contributed by atoms with van der Waals surface area (Å²) in [7, 11) is 1.84. The van der Waals surface area contributed by atoms with Gasteiger partial charge >= 0.3 is 0 Å². The van der Waals surface area contributed by atoms with Gasteiger partial charge in [0.2, 0.25) is 0 Å². The molecule has 17 heavy (non-hydrogen) atoms. The van der Waals surface area contributed by atoms with E-state index in [-0.39, 0.29) is 11.9 Å². The van der Waals surface area contributed by atoms with Crippen LogP contribution in [0.25, 0.3) is 0 Å². The Hall–Kier alpha value is -0.540. The molecule has 0 aliphatic carbocycles. The van der Waals surface area contributed by atoms with Crippen LogP contribution in [0.1, 0.15) is 37.0 Å². The Morgan fingerprint density at radius 2 is 2.18 bits per heavy atom. The van der Waals surface area contributed by atoms with Crippen molar-refractivity contribution in [3.8, 4) is 0 Å². The van der Waals surface area contributed by atoms with Crippen LogP contribution in [0, 0.1) is 0 Å². The summed E-state index contributed by atoms with van der Waals surface area (Å²) >= 11 is 9.23. The average Bonchev–Trinajstić information content (AvgIpc) is 2.27. The van der Waals surface area contributed by atoms with Crippen molar-refractivity contribution in [2.75, 3.05) is 7.05 Å². The van der Waals surface area contributed by atoms with Crippen molar-refractivity contribution in [1.29, 1.82) is 0 Å². The molecule has 0 saturated heterocycles. The molecule has 0 aliphatic heterocycles. The maximum atomic E-state index is 12.2. The summed E-state index contributed by atoms with van der Waals surface area (Å²) in [5, 5.41) is 0.623. The number of carbonyl (C=O) groups is 1. The number of rotatable bonds is 4. The van der Waals surface area contributed by atoms with Gasteiger partial charge in [0, 0.05) is 22.6 Å². The van der Waals surface area contributed by atoms with Gasteiger partial charge in [-0.1, -0.05) is 24.9 Å². The van der Waals surface area contributed by atoms with Crippen molar-refractivity contribution in [3.05, 3.63) is 33.3 Å². The van der Waals surface area contributed by atoms with E-state index in [0.29, 0.717) is 10.6 Å². The standard InChI is InChI=1S/C13H17BrClNO/c1-4-5-9(2)16(3)13(17)11-7-6-10(15)8-12(11)14/h6-9H,4-5H2,1-3H3. The summed E-state index contributed by atoms with van der Waals surface area (Å²) in [6.07, 6.45) is 2.08. The molecule has 1 atom stereocenters. The molecule has 94 valence electrons. The topological polar surface area (TPSA) is 20.3 Å². The van der Waals surface area contributed by atoms with Gasteiger partial charge in [-0.3, -0.25) is 4.79 Å². The number of halogens is 2. The zero-order valence-corrected chi connectivity index (χ0v) is 12.7. The summed E-state index contributed by atoms with van der Waals surface area (Å²) in [4.78, 5) is 14.0. The van der Waals surface area contributed by atoms with Gasteiger partial charge in [-0.05, 0) is 47.5 Å². The van der Waals surface area contributed by atoms with Crippen LogP contribution in [-0.2, 0) is 0 Å². The summed E-state index contributed by atoms with van der Waals surface area (Å²) in [5.41, 5.74) is 0.653. The monoisotopic (exact) mass is 317 g/mol. The molecule has 1 aromatic rings. The molecule has 0 radical (unpaired) electrons. The fourth-order valence-electron chi connectivity index (χ4n) is 1.66.